The number of nitrogens with one attached hydrogen (secondary N) is 2. The number of aliphatic imine (C=N–C) groups is 1. The fourth-order valence-electron chi connectivity index (χ4n) is 4.96. The van der Waals surface area contributed by atoms with Crippen LogP contribution in [-0.4, -0.2) is 29.8 Å². The summed E-state index contributed by atoms with van der Waals surface area (Å²) in [5.41, 5.74) is 17.6. The maximum atomic E-state index is 6.39. The molecule has 5 nitrogen and oxygen atoms in total. The highest BCUT2D eigenvalue weighted by atomic mass is 14.8. The first-order chi connectivity index (χ1) is 19.6. The van der Waals surface area contributed by atoms with E-state index in [-0.39, 0.29) is 0 Å². The number of nitrogens with zero attached hydrogens (tertiary/aromatic N) is 2. The molecule has 0 saturated heterocycles. The predicted octanol–water partition coefficient (Wildman–Crippen LogP) is 7.00. The van der Waals surface area contributed by atoms with Crippen LogP contribution in [0.4, 0.5) is 0 Å². The van der Waals surface area contributed by atoms with Crippen LogP contribution in [0, 0.1) is 12.8 Å². The van der Waals surface area contributed by atoms with Crippen LogP contribution in [0.2, 0.25) is 0 Å². The maximum absolute atomic E-state index is 6.39. The van der Waals surface area contributed by atoms with Gasteiger partial charge in [0.15, 0.2) is 0 Å². The molecule has 0 bridgehead atoms. The molecular formula is C35H41N5. The Hall–Kier alpha value is -4.40. The van der Waals surface area contributed by atoms with Gasteiger partial charge in [-0.05, 0) is 104 Å². The molecule has 40 heavy (non-hydrogen) atoms. The summed E-state index contributed by atoms with van der Waals surface area (Å²) in [6.07, 6.45) is 26.9. The van der Waals surface area contributed by atoms with Crippen LogP contribution in [0.3, 0.4) is 0 Å². The van der Waals surface area contributed by atoms with Crippen molar-refractivity contribution in [2.75, 3.05) is 13.1 Å². The minimum Gasteiger partial charge on any atom is -0.402 e. The lowest BCUT2D eigenvalue weighted by Crippen LogP contribution is -2.15. The third-order valence-electron chi connectivity index (χ3n) is 7.11. The summed E-state index contributed by atoms with van der Waals surface area (Å²) in [7, 11) is 0. The third-order valence-corrected chi connectivity index (χ3v) is 7.11. The highest BCUT2D eigenvalue weighted by Gasteiger charge is 2.14. The monoisotopic (exact) mass is 531 g/mol. The minimum atomic E-state index is 0.731. The number of nitrogens with two attached hydrogens (primary N) is 1. The Morgan fingerprint density at radius 2 is 1.98 bits per heavy atom. The molecule has 4 N–H and O–H groups in total. The van der Waals surface area contributed by atoms with Crippen LogP contribution in [0.25, 0.3) is 22.0 Å². The molecule has 1 aliphatic carbocycles. The van der Waals surface area contributed by atoms with Crippen molar-refractivity contribution >= 4 is 17.6 Å². The number of benzene rings is 1. The Bertz CT molecular complexity index is 1480. The predicted molar refractivity (Wildman–Crippen MR) is 172 cm³/mol. The Kier molecular flexibility index (Phi) is 11.5. The second kappa shape index (κ2) is 15.3. The molecule has 0 atom stereocenters. The van der Waals surface area contributed by atoms with Gasteiger partial charge in [-0.15, -0.1) is 12.8 Å². The van der Waals surface area contributed by atoms with E-state index in [2.05, 4.69) is 83.7 Å². The van der Waals surface area contributed by atoms with Crippen LogP contribution < -0.4 is 11.1 Å². The van der Waals surface area contributed by atoms with Gasteiger partial charge in [-0.2, -0.15) is 0 Å². The van der Waals surface area contributed by atoms with Crippen molar-refractivity contribution in [1.82, 2.24) is 15.3 Å². The van der Waals surface area contributed by atoms with E-state index in [0.717, 1.165) is 59.7 Å². The number of H-pyrrole nitrogens is 1. The molecule has 1 aromatic carbocycles. The average Bonchev–Trinajstić information content (AvgIpc) is 3.64. The minimum absolute atomic E-state index is 0.731. The van der Waals surface area contributed by atoms with Crippen molar-refractivity contribution in [1.29, 1.82) is 0 Å². The smallest absolute Gasteiger partial charge is 0.0692 e. The second-order valence-electron chi connectivity index (χ2n) is 9.68. The third kappa shape index (κ3) is 7.59. The van der Waals surface area contributed by atoms with Crippen LogP contribution in [-0.2, 0) is 19.3 Å². The highest BCUT2D eigenvalue weighted by molar-refractivity contribution is 5.95. The normalized spacial score (nSPS) is 14.0. The lowest BCUT2D eigenvalue weighted by Gasteiger charge is -2.07. The van der Waals surface area contributed by atoms with Gasteiger partial charge in [0.1, 0.15) is 0 Å². The average molecular weight is 532 g/mol. The van der Waals surface area contributed by atoms with Gasteiger partial charge in [0.2, 0.25) is 0 Å². The van der Waals surface area contributed by atoms with Gasteiger partial charge in [-0.25, -0.2) is 0 Å². The number of pyridine rings is 1. The van der Waals surface area contributed by atoms with Gasteiger partial charge in [-0.1, -0.05) is 43.9 Å². The number of aromatic nitrogens is 2. The highest BCUT2D eigenvalue weighted by Crippen LogP contribution is 2.32. The number of terminal acetylenes is 1. The van der Waals surface area contributed by atoms with Crippen molar-refractivity contribution in [3.8, 4) is 24.0 Å². The zero-order valence-corrected chi connectivity index (χ0v) is 23.8. The zero-order valence-electron chi connectivity index (χ0n) is 23.8. The molecule has 0 fully saturated rings. The Morgan fingerprint density at radius 1 is 1.18 bits per heavy atom. The van der Waals surface area contributed by atoms with Crippen LogP contribution >= 0.6 is 0 Å². The molecular weight excluding hydrogens is 490 g/mol. The molecule has 0 radical (unpaired) electrons. The van der Waals surface area contributed by atoms with Gasteiger partial charge in [0, 0.05) is 35.1 Å². The number of hydrogen-bond donors (Lipinski definition) is 3. The Morgan fingerprint density at radius 3 is 2.70 bits per heavy atom. The topological polar surface area (TPSA) is 79.1 Å². The van der Waals surface area contributed by atoms with E-state index in [9.17, 15) is 0 Å². The quantitative estimate of drug-likeness (QED) is 0.134. The Balaban J connectivity index is 0.00000216. The first-order valence-corrected chi connectivity index (χ1v) is 13.8. The molecule has 1 aliphatic rings. The number of aryl methyl sites for hydroxylation is 3. The van der Waals surface area contributed by atoms with Crippen molar-refractivity contribution in [2.45, 2.75) is 46.0 Å². The lowest BCUT2D eigenvalue weighted by atomic mass is 9.99. The Labute approximate surface area is 239 Å². The van der Waals surface area contributed by atoms with Crippen LogP contribution in [0.5, 0.6) is 0 Å². The van der Waals surface area contributed by atoms with E-state index in [1.807, 2.05) is 43.6 Å². The van der Waals surface area contributed by atoms with Gasteiger partial charge in [0.25, 0.3) is 0 Å². The number of rotatable bonds is 12. The summed E-state index contributed by atoms with van der Waals surface area (Å²) in [6, 6.07) is 9.10. The van der Waals surface area contributed by atoms with Gasteiger partial charge in [0.05, 0.1) is 17.4 Å². The lowest BCUT2D eigenvalue weighted by molar-refractivity contribution is 0.784. The number of allylic oxidation sites excluding steroid dienone is 5. The molecule has 0 amide bonds. The van der Waals surface area contributed by atoms with E-state index < -0.39 is 0 Å². The molecule has 5 heteroatoms. The van der Waals surface area contributed by atoms with Crippen molar-refractivity contribution in [2.24, 2.45) is 10.7 Å². The first-order valence-electron chi connectivity index (χ1n) is 13.8. The summed E-state index contributed by atoms with van der Waals surface area (Å²) in [5.74, 6) is 0. The summed E-state index contributed by atoms with van der Waals surface area (Å²) in [6.45, 7) is 13.4. The summed E-state index contributed by atoms with van der Waals surface area (Å²) in [4.78, 5) is 12.3. The van der Waals surface area contributed by atoms with Crippen molar-refractivity contribution < 1.29 is 0 Å². The standard InChI is InChI=1S/C33H39N5.C2H2/c1-5-23(20-36-7-3)17-24(6-2)32(35-4)16-14-28(34)13-15-29-19-30-31(21-37-22-33(30)38-29)27-12-11-25-9-8-10-26(25)18-27;1-2/h5-6,11-12,14,16-19,21-22,36,38H,1,4,7-10,13,15,20,34H2,2-3H3;1-2H/b23-17+,24-6+,28-14+,32-16-;. The molecule has 2 aromatic heterocycles. The van der Waals surface area contributed by atoms with Crippen LogP contribution in [0.15, 0.2) is 101 Å². The number of likely N-dealkylation sites (N-methyl/N-ethyl adjacent to an activating group) is 1. The van der Waals surface area contributed by atoms with Crippen molar-refractivity contribution in [3.63, 3.8) is 0 Å². The molecule has 0 unspecified atom stereocenters. The molecule has 4 rings (SSSR count). The van der Waals surface area contributed by atoms with Crippen LogP contribution in [0.1, 0.15) is 43.5 Å². The van der Waals surface area contributed by atoms with Gasteiger partial charge in [-0.3, -0.25) is 9.98 Å². The van der Waals surface area contributed by atoms with E-state index >= 15 is 0 Å². The number of fused-ring (bicyclic) bond motifs is 2. The van der Waals surface area contributed by atoms with E-state index in [1.165, 1.54) is 46.9 Å². The number of aromatic amines is 1. The molecule has 0 aliphatic heterocycles. The summed E-state index contributed by atoms with van der Waals surface area (Å²) < 4.78 is 0. The van der Waals surface area contributed by atoms with E-state index in [0.29, 0.717) is 0 Å². The fraction of sp³-hybridized carbons (Fsp3) is 0.257. The van der Waals surface area contributed by atoms with Crippen molar-refractivity contribution in [3.05, 3.63) is 113 Å². The molecule has 0 spiro atoms. The molecule has 2 heterocycles. The second-order valence-corrected chi connectivity index (χ2v) is 9.68. The number of hydrogen-bond acceptors (Lipinski definition) is 4. The zero-order chi connectivity index (χ0) is 28.9. The van der Waals surface area contributed by atoms with E-state index in [1.54, 1.807) is 0 Å². The molecule has 3 aromatic rings. The van der Waals surface area contributed by atoms with Gasteiger partial charge < -0.3 is 16.0 Å². The summed E-state index contributed by atoms with van der Waals surface area (Å²) in [5, 5.41) is 4.53. The largest absolute Gasteiger partial charge is 0.402 e. The maximum Gasteiger partial charge on any atom is 0.0692 e. The first kappa shape index (κ1) is 30.1. The van der Waals surface area contributed by atoms with Gasteiger partial charge >= 0.3 is 0 Å². The molecule has 206 valence electrons. The fourth-order valence-corrected chi connectivity index (χ4v) is 4.96. The van der Waals surface area contributed by atoms with E-state index in [4.69, 9.17) is 5.73 Å². The summed E-state index contributed by atoms with van der Waals surface area (Å²) >= 11 is 0. The SMILES string of the molecule is C#C.C=C\C(=C/C(=C\C)C(=C/C=C(/N)CCc1cc2c(-c3ccc4c(c3)CCC4)cncc2[nH]1)/N=C)CNCC. The molecule has 0 saturated carbocycles.